The number of rotatable bonds is 3. The minimum atomic E-state index is 0.621. The molecule has 1 atom stereocenters. The van der Waals surface area contributed by atoms with Crippen molar-refractivity contribution in [3.8, 4) is 0 Å². The van der Waals surface area contributed by atoms with Gasteiger partial charge in [0.25, 0.3) is 0 Å². The van der Waals surface area contributed by atoms with E-state index in [0.717, 1.165) is 13.1 Å². The minimum absolute atomic E-state index is 0.621. The highest BCUT2D eigenvalue weighted by Crippen LogP contribution is 2.31. The second-order valence-corrected chi connectivity index (χ2v) is 8.43. The van der Waals surface area contributed by atoms with Crippen LogP contribution in [0.15, 0.2) is 6.33 Å². The van der Waals surface area contributed by atoms with Crippen molar-refractivity contribution in [3.05, 3.63) is 33.3 Å². The molecule has 0 amide bonds. The molecule has 0 spiro atoms. The third-order valence-corrected chi connectivity index (χ3v) is 6.84. The Bertz CT molecular complexity index is 695. The monoisotopic (exact) mass is 328 g/mol. The van der Waals surface area contributed by atoms with Crippen molar-refractivity contribution in [1.29, 1.82) is 0 Å². The van der Waals surface area contributed by atoms with Crippen LogP contribution in [0.1, 0.15) is 58.7 Å². The van der Waals surface area contributed by atoms with Crippen molar-refractivity contribution < 1.29 is 0 Å². The van der Waals surface area contributed by atoms with E-state index < -0.39 is 0 Å². The van der Waals surface area contributed by atoms with Gasteiger partial charge in [-0.05, 0) is 51.4 Å². The van der Waals surface area contributed by atoms with Crippen LogP contribution in [-0.2, 0) is 32.2 Å². The second kappa shape index (κ2) is 5.71. The van der Waals surface area contributed by atoms with Crippen molar-refractivity contribution >= 4 is 11.3 Å². The zero-order chi connectivity index (χ0) is 15.2. The molecule has 1 unspecified atom stereocenters. The fourth-order valence-electron chi connectivity index (χ4n) is 4.49. The summed E-state index contributed by atoms with van der Waals surface area (Å²) in [6, 6.07) is 0.621. The van der Waals surface area contributed by atoms with E-state index in [2.05, 4.69) is 20.8 Å². The molecular formula is C18H24N4S. The fourth-order valence-corrected chi connectivity index (χ4v) is 5.69. The normalized spacial score (nSPS) is 24.1. The Labute approximate surface area is 141 Å². The Hall–Kier alpha value is -1.20. The zero-order valence-electron chi connectivity index (χ0n) is 13.6. The molecule has 1 saturated heterocycles. The molecule has 0 N–H and O–H groups in total. The summed E-state index contributed by atoms with van der Waals surface area (Å²) in [4.78, 5) is 13.7. The first-order valence-corrected chi connectivity index (χ1v) is 9.93. The Morgan fingerprint density at radius 2 is 2.00 bits per heavy atom. The van der Waals surface area contributed by atoms with Gasteiger partial charge in [0, 0.05) is 29.7 Å². The third kappa shape index (κ3) is 2.54. The van der Waals surface area contributed by atoms with Gasteiger partial charge in [-0.2, -0.15) is 0 Å². The maximum Gasteiger partial charge on any atom is 0.107 e. The Morgan fingerprint density at radius 3 is 2.96 bits per heavy atom. The fraction of sp³-hybridized carbons (Fsp3) is 0.667. The first-order valence-electron chi connectivity index (χ1n) is 9.11. The van der Waals surface area contributed by atoms with Crippen molar-refractivity contribution in [1.82, 2.24) is 19.4 Å². The average Bonchev–Trinajstić information content (AvgIpc) is 3.29. The molecule has 0 saturated carbocycles. The van der Waals surface area contributed by atoms with Crippen LogP contribution in [-0.4, -0.2) is 32.5 Å². The molecule has 2 aromatic heterocycles. The zero-order valence-corrected chi connectivity index (χ0v) is 14.4. The van der Waals surface area contributed by atoms with Gasteiger partial charge in [0.15, 0.2) is 0 Å². The smallest absolute Gasteiger partial charge is 0.107 e. The summed E-state index contributed by atoms with van der Waals surface area (Å²) < 4.78 is 2.50. The van der Waals surface area contributed by atoms with E-state index in [1.165, 1.54) is 80.0 Å². The van der Waals surface area contributed by atoms with Gasteiger partial charge >= 0.3 is 0 Å². The van der Waals surface area contributed by atoms with Crippen LogP contribution in [0.5, 0.6) is 0 Å². The van der Waals surface area contributed by atoms with E-state index in [-0.39, 0.29) is 0 Å². The number of fused-ring (bicyclic) bond motifs is 2. The molecular weight excluding hydrogens is 304 g/mol. The van der Waals surface area contributed by atoms with E-state index in [1.54, 1.807) is 4.88 Å². The van der Waals surface area contributed by atoms with Crippen molar-refractivity contribution in [2.24, 2.45) is 0 Å². The first-order chi connectivity index (χ1) is 11.4. The summed E-state index contributed by atoms with van der Waals surface area (Å²) in [5, 5.41) is 1.34. The number of likely N-dealkylation sites (tertiary alicyclic amines) is 1. The number of thiazole rings is 1. The summed E-state index contributed by atoms with van der Waals surface area (Å²) in [6.45, 7) is 3.40. The molecule has 5 rings (SSSR count). The van der Waals surface area contributed by atoms with E-state index in [1.807, 2.05) is 11.3 Å². The summed E-state index contributed by atoms with van der Waals surface area (Å²) in [5.74, 6) is 0. The molecule has 2 aliphatic carbocycles. The SMILES string of the molecule is c1nc2c(n1C1CCN(Cc3nc4c(s3)CCC4)C1)CCCC2. The van der Waals surface area contributed by atoms with Crippen LogP contribution in [0.3, 0.4) is 0 Å². The van der Waals surface area contributed by atoms with E-state index in [9.17, 15) is 0 Å². The van der Waals surface area contributed by atoms with Crippen molar-refractivity contribution in [2.45, 2.75) is 64.0 Å². The second-order valence-electron chi connectivity index (χ2n) is 7.26. The predicted octanol–water partition coefficient (Wildman–Crippen LogP) is 3.15. The van der Waals surface area contributed by atoms with Gasteiger partial charge in [-0.15, -0.1) is 11.3 Å². The maximum atomic E-state index is 4.87. The minimum Gasteiger partial charge on any atom is -0.330 e. The highest BCUT2D eigenvalue weighted by molar-refractivity contribution is 7.11. The molecule has 2 aromatic rings. The third-order valence-electron chi connectivity index (χ3n) is 5.70. The molecule has 4 nitrogen and oxygen atoms in total. The predicted molar refractivity (Wildman–Crippen MR) is 91.9 cm³/mol. The number of nitrogens with zero attached hydrogens (tertiary/aromatic N) is 4. The number of aromatic nitrogens is 3. The van der Waals surface area contributed by atoms with Gasteiger partial charge in [0.2, 0.25) is 0 Å². The van der Waals surface area contributed by atoms with Gasteiger partial charge in [-0.3, -0.25) is 4.90 Å². The van der Waals surface area contributed by atoms with E-state index in [4.69, 9.17) is 4.98 Å². The lowest BCUT2D eigenvalue weighted by atomic mass is 10.0. The van der Waals surface area contributed by atoms with Gasteiger partial charge in [-0.25, -0.2) is 9.97 Å². The van der Waals surface area contributed by atoms with E-state index in [0.29, 0.717) is 6.04 Å². The van der Waals surface area contributed by atoms with Crippen LogP contribution in [0.25, 0.3) is 0 Å². The molecule has 3 heterocycles. The van der Waals surface area contributed by atoms with Crippen molar-refractivity contribution in [2.75, 3.05) is 13.1 Å². The molecule has 0 aromatic carbocycles. The quantitative estimate of drug-likeness (QED) is 0.868. The summed E-state index contributed by atoms with van der Waals surface area (Å²) >= 11 is 1.96. The summed E-state index contributed by atoms with van der Waals surface area (Å²) in [5.41, 5.74) is 4.28. The summed E-state index contributed by atoms with van der Waals surface area (Å²) in [7, 11) is 0. The molecule has 1 fully saturated rings. The number of imidazole rings is 1. The number of hydrogen-bond acceptors (Lipinski definition) is 4. The van der Waals surface area contributed by atoms with Crippen LogP contribution >= 0.6 is 11.3 Å². The molecule has 5 heteroatoms. The van der Waals surface area contributed by atoms with Crippen molar-refractivity contribution in [3.63, 3.8) is 0 Å². The van der Waals surface area contributed by atoms with Crippen LogP contribution in [0.4, 0.5) is 0 Å². The standard InChI is InChI=1S/C18H24N4S/c1-2-6-16-14(4-1)19-12-22(16)13-8-9-21(10-13)11-18-20-15-5-3-7-17(15)23-18/h12-13H,1-11H2. The Balaban J connectivity index is 1.28. The van der Waals surface area contributed by atoms with Crippen LogP contribution in [0, 0.1) is 0 Å². The molecule has 3 aliphatic rings. The van der Waals surface area contributed by atoms with Crippen LogP contribution in [0.2, 0.25) is 0 Å². The highest BCUT2D eigenvalue weighted by Gasteiger charge is 2.28. The topological polar surface area (TPSA) is 34.0 Å². The van der Waals surface area contributed by atoms with Gasteiger partial charge in [-0.1, -0.05) is 0 Å². The Morgan fingerprint density at radius 1 is 1.09 bits per heavy atom. The average molecular weight is 328 g/mol. The maximum absolute atomic E-state index is 4.87. The lowest BCUT2D eigenvalue weighted by molar-refractivity contribution is 0.314. The van der Waals surface area contributed by atoms with Gasteiger partial charge in [0.05, 0.1) is 24.3 Å². The first kappa shape index (κ1) is 14.2. The van der Waals surface area contributed by atoms with Gasteiger partial charge < -0.3 is 4.57 Å². The summed E-state index contributed by atoms with van der Waals surface area (Å²) in [6.07, 6.45) is 12.2. The van der Waals surface area contributed by atoms with E-state index >= 15 is 0 Å². The molecule has 0 bridgehead atoms. The lowest BCUT2D eigenvalue weighted by Gasteiger charge is -2.19. The molecule has 23 heavy (non-hydrogen) atoms. The molecule has 1 aliphatic heterocycles. The van der Waals surface area contributed by atoms with Gasteiger partial charge in [0.1, 0.15) is 5.01 Å². The Kier molecular flexibility index (Phi) is 3.52. The number of aryl methyl sites for hydroxylation is 3. The lowest BCUT2D eigenvalue weighted by Crippen LogP contribution is -2.22. The number of hydrogen-bond donors (Lipinski definition) is 0. The molecule has 122 valence electrons. The largest absolute Gasteiger partial charge is 0.330 e. The molecule has 0 radical (unpaired) electrons. The van der Waals surface area contributed by atoms with Crippen LogP contribution < -0.4 is 0 Å². The highest BCUT2D eigenvalue weighted by atomic mass is 32.1.